The van der Waals surface area contributed by atoms with E-state index in [4.69, 9.17) is 0 Å². The number of hydrogen-bond acceptors (Lipinski definition) is 4. The average molecular weight is 451 g/mol. The molecule has 174 valence electrons. The zero-order valence-electron chi connectivity index (χ0n) is 18.9. The van der Waals surface area contributed by atoms with Crippen LogP contribution in [0.1, 0.15) is 56.9 Å². The highest BCUT2D eigenvalue weighted by Crippen LogP contribution is 2.66. The normalized spacial score (nSPS) is 39.0. The number of benzene rings is 1. The minimum Gasteiger partial charge on any atom is -0.323 e. The molecule has 0 aromatic heterocycles. The summed E-state index contributed by atoms with van der Waals surface area (Å²) in [5.41, 5.74) is 2.43. The van der Waals surface area contributed by atoms with Gasteiger partial charge >= 0.3 is 0 Å². The van der Waals surface area contributed by atoms with Gasteiger partial charge in [0.2, 0.25) is 11.8 Å². The number of nitrogens with zero attached hydrogens (tertiary/aromatic N) is 3. The maximum atomic E-state index is 13.8. The second-order valence-electron chi connectivity index (χ2n) is 11.1. The Balaban J connectivity index is 1.17. The smallest absolute Gasteiger partial charge is 0.237 e. The van der Waals surface area contributed by atoms with E-state index < -0.39 is 12.2 Å². The van der Waals surface area contributed by atoms with E-state index in [9.17, 15) is 19.2 Å². The Morgan fingerprint density at radius 2 is 2.03 bits per heavy atom. The number of carbonyl (C=O) groups excluding carboxylic acids is 2. The molecule has 4 bridgehead atoms. The summed E-state index contributed by atoms with van der Waals surface area (Å²) in [6.45, 7) is 1.02. The summed E-state index contributed by atoms with van der Waals surface area (Å²) < 4.78 is 13.8. The number of anilines is 1. The van der Waals surface area contributed by atoms with Crippen LogP contribution >= 0.6 is 0 Å². The van der Waals surface area contributed by atoms with Gasteiger partial charge in [-0.15, -0.1) is 0 Å². The average Bonchev–Trinajstić information content (AvgIpc) is 3.52. The Kier molecular flexibility index (Phi) is 4.81. The molecule has 1 aromatic carbocycles. The van der Waals surface area contributed by atoms with Gasteiger partial charge in [-0.05, 0) is 73.5 Å². The molecule has 2 amide bonds. The molecule has 2 aliphatic heterocycles. The number of carbonyl (C=O) groups is 2. The predicted molar refractivity (Wildman–Crippen MR) is 121 cm³/mol. The van der Waals surface area contributed by atoms with Crippen molar-refractivity contribution in [2.24, 2.45) is 11.8 Å². The Morgan fingerprint density at radius 1 is 1.21 bits per heavy atom. The standard InChI is InChI=1S/C26H31FN4O2/c27-20-9-22(13-28)31(15-20)24(33)14-29-26-11-17-8-19(26)12-25(10-17,16-26)18-3-5-21(6-4-18)30-7-1-2-23(30)32/h3-6,17,19-20,22,29H,1-2,7-12,14-16H2/t17?,19?,20-,22-,25?,26?/m0/s1. The molecular weight excluding hydrogens is 419 g/mol. The molecule has 6 nitrogen and oxygen atoms in total. The zero-order chi connectivity index (χ0) is 22.8. The van der Waals surface area contributed by atoms with Gasteiger partial charge in [0.05, 0.1) is 19.2 Å². The fourth-order valence-electron chi connectivity index (χ4n) is 7.97. The van der Waals surface area contributed by atoms with Crippen molar-refractivity contribution in [3.63, 3.8) is 0 Å². The molecule has 6 fully saturated rings. The molecule has 4 unspecified atom stereocenters. The highest BCUT2D eigenvalue weighted by Gasteiger charge is 2.64. The molecule has 7 heteroatoms. The second-order valence-corrected chi connectivity index (χ2v) is 11.1. The number of alkyl halides is 1. The second kappa shape index (κ2) is 7.53. The number of rotatable bonds is 5. The lowest BCUT2D eigenvalue weighted by atomic mass is 9.65. The van der Waals surface area contributed by atoms with Crippen LogP contribution in [0.25, 0.3) is 0 Å². The highest BCUT2D eigenvalue weighted by molar-refractivity contribution is 5.95. The fourth-order valence-corrected chi connectivity index (χ4v) is 7.97. The van der Waals surface area contributed by atoms with Crippen molar-refractivity contribution in [2.45, 2.75) is 74.5 Å². The zero-order valence-corrected chi connectivity index (χ0v) is 18.9. The molecule has 1 N–H and O–H groups in total. The van der Waals surface area contributed by atoms with Crippen LogP contribution in [0.3, 0.4) is 0 Å². The molecule has 6 atom stereocenters. The first-order chi connectivity index (χ1) is 15.9. The Morgan fingerprint density at radius 3 is 2.76 bits per heavy atom. The van der Waals surface area contributed by atoms with Gasteiger partial charge in [-0.25, -0.2) is 4.39 Å². The van der Waals surface area contributed by atoms with E-state index >= 15 is 0 Å². The number of amides is 2. The van der Waals surface area contributed by atoms with E-state index in [-0.39, 0.29) is 42.3 Å². The van der Waals surface area contributed by atoms with Crippen LogP contribution in [0.5, 0.6) is 0 Å². The maximum Gasteiger partial charge on any atom is 0.237 e. The first-order valence-electron chi connectivity index (χ1n) is 12.4. The Labute approximate surface area is 194 Å². The summed E-state index contributed by atoms with van der Waals surface area (Å²) in [7, 11) is 0. The third-order valence-electron chi connectivity index (χ3n) is 9.20. The van der Waals surface area contributed by atoms with Crippen LogP contribution in [0.15, 0.2) is 24.3 Å². The molecule has 0 radical (unpaired) electrons. The predicted octanol–water partition coefficient (Wildman–Crippen LogP) is 3.07. The number of hydrogen-bond donors (Lipinski definition) is 1. The molecule has 4 saturated carbocycles. The van der Waals surface area contributed by atoms with Crippen LogP contribution in [-0.4, -0.2) is 54.1 Å². The van der Waals surface area contributed by atoms with Crippen molar-refractivity contribution >= 4 is 17.5 Å². The quantitative estimate of drug-likeness (QED) is 0.748. The lowest BCUT2D eigenvalue weighted by molar-refractivity contribution is -0.130. The monoisotopic (exact) mass is 450 g/mol. The molecule has 33 heavy (non-hydrogen) atoms. The van der Waals surface area contributed by atoms with Crippen molar-refractivity contribution in [3.8, 4) is 6.07 Å². The lowest BCUT2D eigenvalue weighted by Crippen LogP contribution is -2.52. The number of nitrogens with one attached hydrogen (secondary N) is 1. The summed E-state index contributed by atoms with van der Waals surface area (Å²) in [5.74, 6) is 1.26. The van der Waals surface area contributed by atoms with Crippen molar-refractivity contribution in [2.75, 3.05) is 24.5 Å². The van der Waals surface area contributed by atoms with Gasteiger partial charge in [0.1, 0.15) is 12.2 Å². The van der Waals surface area contributed by atoms with Crippen LogP contribution in [0.4, 0.5) is 10.1 Å². The lowest BCUT2D eigenvalue weighted by Gasteiger charge is -2.42. The minimum atomic E-state index is -1.10. The van der Waals surface area contributed by atoms with Crippen molar-refractivity contribution < 1.29 is 14.0 Å². The van der Waals surface area contributed by atoms with Crippen LogP contribution in [-0.2, 0) is 15.0 Å². The van der Waals surface area contributed by atoms with Gasteiger partial charge in [0.25, 0.3) is 0 Å². The summed E-state index contributed by atoms with van der Waals surface area (Å²) in [6, 6.07) is 10.1. The number of nitriles is 1. The van der Waals surface area contributed by atoms with Crippen molar-refractivity contribution in [1.29, 1.82) is 5.26 Å². The Hall–Kier alpha value is -2.46. The number of likely N-dealkylation sites (tertiary alicyclic amines) is 1. The van der Waals surface area contributed by atoms with Crippen LogP contribution in [0, 0.1) is 23.2 Å². The van der Waals surface area contributed by atoms with Crippen LogP contribution in [0.2, 0.25) is 0 Å². The highest BCUT2D eigenvalue weighted by atomic mass is 19.1. The van der Waals surface area contributed by atoms with Gasteiger partial charge in [-0.2, -0.15) is 5.26 Å². The molecule has 1 aromatic rings. The fraction of sp³-hybridized carbons (Fsp3) is 0.654. The van der Waals surface area contributed by atoms with E-state index in [0.29, 0.717) is 18.3 Å². The van der Waals surface area contributed by atoms with Gasteiger partial charge in [-0.3, -0.25) is 9.59 Å². The number of halogens is 1. The maximum absolute atomic E-state index is 13.8. The molecule has 0 spiro atoms. The molecule has 2 saturated heterocycles. The minimum absolute atomic E-state index is 0.0353. The van der Waals surface area contributed by atoms with Gasteiger partial charge in [0, 0.05) is 30.6 Å². The summed E-state index contributed by atoms with van der Waals surface area (Å²) in [6.07, 6.45) is 6.24. The third kappa shape index (κ3) is 3.29. The molecule has 7 rings (SSSR count). The van der Waals surface area contributed by atoms with Crippen molar-refractivity contribution in [3.05, 3.63) is 29.8 Å². The van der Waals surface area contributed by atoms with Gasteiger partial charge < -0.3 is 15.1 Å². The van der Waals surface area contributed by atoms with E-state index in [1.807, 2.05) is 4.90 Å². The largest absolute Gasteiger partial charge is 0.323 e. The topological polar surface area (TPSA) is 76.4 Å². The molecule has 2 heterocycles. The van der Waals surface area contributed by atoms with Crippen molar-refractivity contribution in [1.82, 2.24) is 10.2 Å². The van der Waals surface area contributed by atoms with Gasteiger partial charge in [0.15, 0.2) is 0 Å². The summed E-state index contributed by atoms with van der Waals surface area (Å²) in [4.78, 5) is 28.3. The molecule has 4 aliphatic carbocycles. The van der Waals surface area contributed by atoms with E-state index in [2.05, 4.69) is 35.7 Å². The third-order valence-corrected chi connectivity index (χ3v) is 9.20. The van der Waals surface area contributed by atoms with Crippen LogP contribution < -0.4 is 10.2 Å². The molecule has 6 aliphatic rings. The Bertz CT molecular complexity index is 1020. The summed E-state index contributed by atoms with van der Waals surface area (Å²) >= 11 is 0. The SMILES string of the molecule is N#C[C@@H]1C[C@H](F)CN1C(=O)CNC12CC3CC1CC(c1ccc(N4CCCC4=O)cc1)(C3)C2. The molecular formula is C26H31FN4O2. The first kappa shape index (κ1) is 21.1. The van der Waals surface area contributed by atoms with E-state index in [0.717, 1.165) is 37.9 Å². The van der Waals surface area contributed by atoms with Gasteiger partial charge in [-0.1, -0.05) is 12.1 Å². The van der Waals surface area contributed by atoms with E-state index in [1.165, 1.54) is 23.3 Å². The van der Waals surface area contributed by atoms with E-state index in [1.54, 1.807) is 0 Å². The summed E-state index contributed by atoms with van der Waals surface area (Å²) in [5, 5.41) is 12.9. The first-order valence-corrected chi connectivity index (χ1v) is 12.4.